The molecule has 0 fully saturated rings. The molecule has 0 radical (unpaired) electrons. The number of rotatable bonds is 6. The lowest BCUT2D eigenvalue weighted by atomic mass is 9.92. The summed E-state index contributed by atoms with van der Waals surface area (Å²) in [6.45, 7) is 0. The van der Waals surface area contributed by atoms with Gasteiger partial charge in [-0.3, -0.25) is 0 Å². The Balaban J connectivity index is 2.37. The van der Waals surface area contributed by atoms with Crippen molar-refractivity contribution >= 4 is 11.6 Å². The minimum Gasteiger partial charge on any atom is -0.493 e. The summed E-state index contributed by atoms with van der Waals surface area (Å²) in [6.07, 6.45) is 0.576. The molecule has 0 saturated heterocycles. The van der Waals surface area contributed by atoms with Crippen molar-refractivity contribution < 1.29 is 14.2 Å². The van der Waals surface area contributed by atoms with E-state index in [1.54, 1.807) is 21.3 Å². The van der Waals surface area contributed by atoms with Crippen molar-refractivity contribution in [1.29, 1.82) is 5.26 Å². The van der Waals surface area contributed by atoms with Crippen molar-refractivity contribution in [2.75, 3.05) is 21.3 Å². The summed E-state index contributed by atoms with van der Waals surface area (Å²) >= 11 is 5.90. The number of benzene rings is 2. The Morgan fingerprint density at radius 1 is 1.00 bits per heavy atom. The summed E-state index contributed by atoms with van der Waals surface area (Å²) in [5.74, 6) is 1.27. The third-order valence-corrected chi connectivity index (χ3v) is 3.85. The number of nitrogens with zero attached hydrogens (tertiary/aromatic N) is 1. The van der Waals surface area contributed by atoms with Gasteiger partial charge in [-0.15, -0.1) is 0 Å². The van der Waals surface area contributed by atoms with Gasteiger partial charge in [-0.25, -0.2) is 0 Å². The molecule has 120 valence electrons. The SMILES string of the molecule is COc1cc(C(C#N)Cc2ccc(Cl)cc2)cc(OC)c1OC. The molecule has 0 amide bonds. The van der Waals surface area contributed by atoms with E-state index in [0.717, 1.165) is 11.1 Å². The molecule has 0 heterocycles. The van der Waals surface area contributed by atoms with Crippen LogP contribution in [0.25, 0.3) is 0 Å². The van der Waals surface area contributed by atoms with Crippen molar-refractivity contribution in [1.82, 2.24) is 0 Å². The van der Waals surface area contributed by atoms with Crippen molar-refractivity contribution in [2.24, 2.45) is 0 Å². The molecule has 4 nitrogen and oxygen atoms in total. The topological polar surface area (TPSA) is 51.5 Å². The van der Waals surface area contributed by atoms with Gasteiger partial charge in [0.25, 0.3) is 0 Å². The van der Waals surface area contributed by atoms with Crippen molar-refractivity contribution in [3.05, 3.63) is 52.5 Å². The van der Waals surface area contributed by atoms with Crippen LogP contribution in [0, 0.1) is 11.3 Å². The fraction of sp³-hybridized carbons (Fsp3) is 0.278. The minimum atomic E-state index is -0.329. The third kappa shape index (κ3) is 3.88. The van der Waals surface area contributed by atoms with Gasteiger partial charge >= 0.3 is 0 Å². The van der Waals surface area contributed by atoms with Crippen molar-refractivity contribution in [3.63, 3.8) is 0 Å². The Hall–Kier alpha value is -2.38. The van der Waals surface area contributed by atoms with E-state index >= 15 is 0 Å². The van der Waals surface area contributed by atoms with E-state index in [0.29, 0.717) is 28.7 Å². The first-order valence-electron chi connectivity index (χ1n) is 7.06. The van der Waals surface area contributed by atoms with E-state index in [1.807, 2.05) is 36.4 Å². The summed E-state index contributed by atoms with van der Waals surface area (Å²) < 4.78 is 16.0. The Morgan fingerprint density at radius 3 is 2.00 bits per heavy atom. The highest BCUT2D eigenvalue weighted by molar-refractivity contribution is 6.30. The van der Waals surface area contributed by atoms with E-state index in [-0.39, 0.29) is 5.92 Å². The molecule has 0 aliphatic heterocycles. The molecule has 0 saturated carbocycles. The normalized spacial score (nSPS) is 11.4. The van der Waals surface area contributed by atoms with Gasteiger partial charge in [0.15, 0.2) is 11.5 Å². The summed E-state index contributed by atoms with van der Waals surface area (Å²) in [5, 5.41) is 10.2. The summed E-state index contributed by atoms with van der Waals surface area (Å²) in [7, 11) is 4.67. The average Bonchev–Trinajstić information content (AvgIpc) is 2.59. The number of ether oxygens (including phenoxy) is 3. The highest BCUT2D eigenvalue weighted by Crippen LogP contribution is 2.40. The molecule has 23 heavy (non-hydrogen) atoms. The summed E-state index contributed by atoms with van der Waals surface area (Å²) in [6, 6.07) is 13.4. The summed E-state index contributed by atoms with van der Waals surface area (Å²) in [5.41, 5.74) is 1.85. The molecule has 0 N–H and O–H groups in total. The van der Waals surface area contributed by atoms with Crippen LogP contribution in [-0.2, 0) is 6.42 Å². The average molecular weight is 332 g/mol. The number of hydrogen-bond donors (Lipinski definition) is 0. The van der Waals surface area contributed by atoms with E-state index in [9.17, 15) is 5.26 Å². The van der Waals surface area contributed by atoms with Crippen LogP contribution in [0.1, 0.15) is 17.0 Å². The molecular formula is C18H18ClNO3. The Kier molecular flexibility index (Phi) is 5.72. The maximum absolute atomic E-state index is 9.56. The second kappa shape index (κ2) is 7.75. The zero-order valence-corrected chi connectivity index (χ0v) is 14.1. The maximum Gasteiger partial charge on any atom is 0.203 e. The predicted octanol–water partition coefficient (Wildman–Crippen LogP) is 4.22. The Morgan fingerprint density at radius 2 is 1.57 bits per heavy atom. The molecular weight excluding hydrogens is 314 g/mol. The number of methoxy groups -OCH3 is 3. The zero-order chi connectivity index (χ0) is 16.8. The van der Waals surface area contributed by atoms with Crippen LogP contribution >= 0.6 is 11.6 Å². The predicted molar refractivity (Wildman–Crippen MR) is 89.6 cm³/mol. The number of nitriles is 1. The molecule has 2 aromatic rings. The van der Waals surface area contributed by atoms with Gasteiger partial charge in [-0.2, -0.15) is 5.26 Å². The molecule has 0 aromatic heterocycles. The first-order chi connectivity index (χ1) is 11.1. The quantitative estimate of drug-likeness (QED) is 0.795. The van der Waals surface area contributed by atoms with E-state index in [1.165, 1.54) is 0 Å². The molecule has 0 aliphatic rings. The highest BCUT2D eigenvalue weighted by Gasteiger charge is 2.19. The van der Waals surface area contributed by atoms with Crippen molar-refractivity contribution in [3.8, 4) is 23.3 Å². The Labute approximate surface area is 141 Å². The molecule has 2 rings (SSSR count). The van der Waals surface area contributed by atoms with Crippen LogP contribution in [0.3, 0.4) is 0 Å². The van der Waals surface area contributed by atoms with E-state index in [2.05, 4.69) is 6.07 Å². The number of hydrogen-bond acceptors (Lipinski definition) is 4. The molecule has 1 atom stereocenters. The van der Waals surface area contributed by atoms with Crippen LogP contribution in [-0.4, -0.2) is 21.3 Å². The number of halogens is 1. The Bertz CT molecular complexity index is 682. The molecule has 0 spiro atoms. The van der Waals surface area contributed by atoms with Crippen LogP contribution in [0.15, 0.2) is 36.4 Å². The standard InChI is InChI=1S/C18H18ClNO3/c1-21-16-9-13(10-17(22-2)18(16)23-3)14(11-20)8-12-4-6-15(19)7-5-12/h4-7,9-10,14H,8H2,1-3H3. The molecule has 1 unspecified atom stereocenters. The van der Waals surface area contributed by atoms with Gasteiger partial charge in [0.1, 0.15) is 0 Å². The van der Waals surface area contributed by atoms with E-state index < -0.39 is 0 Å². The maximum atomic E-state index is 9.56. The van der Waals surface area contributed by atoms with Gasteiger partial charge in [0.2, 0.25) is 5.75 Å². The largest absolute Gasteiger partial charge is 0.493 e. The zero-order valence-electron chi connectivity index (χ0n) is 13.3. The monoisotopic (exact) mass is 331 g/mol. The lowest BCUT2D eigenvalue weighted by Gasteiger charge is -2.16. The van der Waals surface area contributed by atoms with Crippen molar-refractivity contribution in [2.45, 2.75) is 12.3 Å². The van der Waals surface area contributed by atoms with Gasteiger partial charge < -0.3 is 14.2 Å². The van der Waals surface area contributed by atoms with Crippen LogP contribution in [0.4, 0.5) is 0 Å². The fourth-order valence-corrected chi connectivity index (χ4v) is 2.52. The molecule has 5 heteroatoms. The lowest BCUT2D eigenvalue weighted by Crippen LogP contribution is -2.03. The van der Waals surface area contributed by atoms with Gasteiger partial charge in [0, 0.05) is 5.02 Å². The van der Waals surface area contributed by atoms with Gasteiger partial charge in [-0.05, 0) is 41.8 Å². The highest BCUT2D eigenvalue weighted by atomic mass is 35.5. The van der Waals surface area contributed by atoms with Gasteiger partial charge in [-0.1, -0.05) is 23.7 Å². The van der Waals surface area contributed by atoms with Crippen LogP contribution < -0.4 is 14.2 Å². The minimum absolute atomic E-state index is 0.329. The van der Waals surface area contributed by atoms with Gasteiger partial charge in [0.05, 0.1) is 33.3 Å². The third-order valence-electron chi connectivity index (χ3n) is 3.60. The smallest absolute Gasteiger partial charge is 0.203 e. The molecule has 2 aromatic carbocycles. The first kappa shape index (κ1) is 17.0. The second-order valence-corrected chi connectivity index (χ2v) is 5.41. The molecule has 0 bridgehead atoms. The lowest BCUT2D eigenvalue weighted by molar-refractivity contribution is 0.323. The summed E-state index contributed by atoms with van der Waals surface area (Å²) in [4.78, 5) is 0. The van der Waals surface area contributed by atoms with Crippen LogP contribution in [0.5, 0.6) is 17.2 Å². The first-order valence-corrected chi connectivity index (χ1v) is 7.44. The second-order valence-electron chi connectivity index (χ2n) is 4.97. The fourth-order valence-electron chi connectivity index (χ4n) is 2.40. The van der Waals surface area contributed by atoms with E-state index in [4.69, 9.17) is 25.8 Å². The molecule has 0 aliphatic carbocycles. The van der Waals surface area contributed by atoms with Crippen LogP contribution in [0.2, 0.25) is 5.02 Å².